The summed E-state index contributed by atoms with van der Waals surface area (Å²) in [6, 6.07) is 1.72. The zero-order valence-corrected chi connectivity index (χ0v) is 4.73. The van der Waals surface area contributed by atoms with Gasteiger partial charge < -0.3 is 5.73 Å². The molecule has 0 aliphatic carbocycles. The second-order valence-corrected chi connectivity index (χ2v) is 1.33. The van der Waals surface area contributed by atoms with E-state index in [4.69, 9.17) is 5.73 Å². The molecule has 0 unspecified atom stereocenters. The molecule has 0 radical (unpaired) electrons. The van der Waals surface area contributed by atoms with Gasteiger partial charge in [-0.05, 0) is 6.07 Å². The molecule has 0 saturated heterocycles. The highest BCUT2D eigenvalue weighted by Gasteiger charge is 1.82. The standard InChI is InChI=1S/C5H6N4/c6-4-9-5-7-2-1-3-8-5/h1-4H,(H2,6,7,8,9). The SMILES string of the molecule is NC=Nc1ncccn1. The van der Waals surface area contributed by atoms with Gasteiger partial charge in [0, 0.05) is 12.4 Å². The summed E-state index contributed by atoms with van der Waals surface area (Å²) in [5, 5.41) is 0. The van der Waals surface area contributed by atoms with Gasteiger partial charge in [-0.3, -0.25) is 0 Å². The van der Waals surface area contributed by atoms with Crippen LogP contribution in [0.4, 0.5) is 5.95 Å². The molecule has 46 valence electrons. The molecule has 0 saturated carbocycles. The summed E-state index contributed by atoms with van der Waals surface area (Å²) < 4.78 is 0. The minimum atomic E-state index is 0.389. The molecule has 0 bridgehead atoms. The van der Waals surface area contributed by atoms with Crippen molar-refractivity contribution in [3.05, 3.63) is 18.5 Å². The Kier molecular flexibility index (Phi) is 1.74. The summed E-state index contributed by atoms with van der Waals surface area (Å²) in [5.74, 6) is 0.389. The van der Waals surface area contributed by atoms with Gasteiger partial charge in [0.1, 0.15) is 0 Å². The van der Waals surface area contributed by atoms with E-state index < -0.39 is 0 Å². The van der Waals surface area contributed by atoms with Crippen molar-refractivity contribution >= 4 is 12.3 Å². The van der Waals surface area contributed by atoms with Crippen LogP contribution >= 0.6 is 0 Å². The Bertz CT molecular complexity index is 193. The third kappa shape index (κ3) is 1.49. The highest BCUT2D eigenvalue weighted by Crippen LogP contribution is 1.95. The molecule has 1 rings (SSSR count). The Morgan fingerprint density at radius 3 is 2.67 bits per heavy atom. The van der Waals surface area contributed by atoms with Gasteiger partial charge in [0.05, 0.1) is 6.34 Å². The predicted octanol–water partition coefficient (Wildman–Crippen LogP) is 0.0951. The lowest BCUT2D eigenvalue weighted by Gasteiger charge is -1.84. The molecule has 1 aromatic rings. The van der Waals surface area contributed by atoms with Gasteiger partial charge >= 0.3 is 0 Å². The third-order valence-corrected chi connectivity index (χ3v) is 0.742. The summed E-state index contributed by atoms with van der Waals surface area (Å²) in [6.45, 7) is 0. The average Bonchev–Trinajstić information content (AvgIpc) is 1.91. The van der Waals surface area contributed by atoms with E-state index in [9.17, 15) is 0 Å². The Hall–Kier alpha value is -1.45. The molecule has 0 amide bonds. The molecule has 2 N–H and O–H groups in total. The first-order valence-corrected chi connectivity index (χ1v) is 2.45. The van der Waals surface area contributed by atoms with Crippen molar-refractivity contribution in [3.8, 4) is 0 Å². The van der Waals surface area contributed by atoms with Crippen molar-refractivity contribution in [3.63, 3.8) is 0 Å². The van der Waals surface area contributed by atoms with Crippen LogP contribution < -0.4 is 5.73 Å². The molecule has 4 heteroatoms. The molecule has 4 nitrogen and oxygen atoms in total. The third-order valence-electron chi connectivity index (χ3n) is 0.742. The number of nitrogens with two attached hydrogens (primary N) is 1. The van der Waals surface area contributed by atoms with Gasteiger partial charge in [0.2, 0.25) is 0 Å². The first-order chi connectivity index (χ1) is 4.43. The first kappa shape index (κ1) is 5.68. The molecular weight excluding hydrogens is 116 g/mol. The Morgan fingerprint density at radius 2 is 2.11 bits per heavy atom. The quantitative estimate of drug-likeness (QED) is 0.424. The number of nitrogens with zero attached hydrogens (tertiary/aromatic N) is 3. The number of aliphatic imine (C=N–C) groups is 1. The van der Waals surface area contributed by atoms with Crippen LogP contribution in [0.2, 0.25) is 0 Å². The summed E-state index contributed by atoms with van der Waals surface area (Å²) >= 11 is 0. The summed E-state index contributed by atoms with van der Waals surface area (Å²) in [5.41, 5.74) is 4.99. The maximum atomic E-state index is 4.99. The van der Waals surface area contributed by atoms with E-state index in [2.05, 4.69) is 15.0 Å². The molecule has 0 aliphatic heterocycles. The van der Waals surface area contributed by atoms with Crippen LogP contribution in [0, 0.1) is 0 Å². The largest absolute Gasteiger partial charge is 0.390 e. The highest BCUT2D eigenvalue weighted by molar-refractivity contribution is 5.55. The monoisotopic (exact) mass is 122 g/mol. The molecule has 0 aliphatic rings. The zero-order valence-electron chi connectivity index (χ0n) is 4.73. The smallest absolute Gasteiger partial charge is 0.250 e. The lowest BCUT2D eigenvalue weighted by Crippen LogP contribution is -1.88. The normalized spacial score (nSPS) is 10.2. The van der Waals surface area contributed by atoms with Crippen LogP contribution in [0.15, 0.2) is 23.5 Å². The molecular formula is C5H6N4. The molecule has 0 fully saturated rings. The van der Waals surface area contributed by atoms with Crippen molar-refractivity contribution in [2.24, 2.45) is 10.7 Å². The molecule has 1 aromatic heterocycles. The van der Waals surface area contributed by atoms with Gasteiger partial charge in [-0.1, -0.05) is 0 Å². The Morgan fingerprint density at radius 1 is 1.44 bits per heavy atom. The van der Waals surface area contributed by atoms with Gasteiger partial charge in [0.25, 0.3) is 5.95 Å². The van der Waals surface area contributed by atoms with E-state index in [-0.39, 0.29) is 0 Å². The minimum absolute atomic E-state index is 0.389. The van der Waals surface area contributed by atoms with Gasteiger partial charge in [0.15, 0.2) is 0 Å². The van der Waals surface area contributed by atoms with Crippen LogP contribution in [0.3, 0.4) is 0 Å². The molecule has 0 aromatic carbocycles. The summed E-state index contributed by atoms with van der Waals surface area (Å²) in [4.78, 5) is 11.2. The van der Waals surface area contributed by atoms with Crippen molar-refractivity contribution in [1.29, 1.82) is 0 Å². The fourth-order valence-electron chi connectivity index (χ4n) is 0.425. The van der Waals surface area contributed by atoms with E-state index in [1.54, 1.807) is 18.5 Å². The number of hydrogen-bond donors (Lipinski definition) is 1. The molecule has 0 atom stereocenters. The van der Waals surface area contributed by atoms with Crippen LogP contribution in [0.5, 0.6) is 0 Å². The number of hydrogen-bond acceptors (Lipinski definition) is 3. The lowest BCUT2D eigenvalue weighted by molar-refractivity contribution is 1.14. The van der Waals surface area contributed by atoms with E-state index in [0.717, 1.165) is 6.34 Å². The van der Waals surface area contributed by atoms with E-state index in [0.29, 0.717) is 5.95 Å². The molecule has 0 spiro atoms. The fraction of sp³-hybridized carbons (Fsp3) is 0. The van der Waals surface area contributed by atoms with Crippen LogP contribution in [0.25, 0.3) is 0 Å². The topological polar surface area (TPSA) is 64.2 Å². The molecule has 9 heavy (non-hydrogen) atoms. The van der Waals surface area contributed by atoms with Gasteiger partial charge in [-0.2, -0.15) is 0 Å². The Labute approximate surface area is 52.5 Å². The van der Waals surface area contributed by atoms with Gasteiger partial charge in [-0.25, -0.2) is 15.0 Å². The van der Waals surface area contributed by atoms with Crippen LogP contribution in [-0.2, 0) is 0 Å². The predicted molar refractivity (Wildman–Crippen MR) is 34.4 cm³/mol. The fourth-order valence-corrected chi connectivity index (χ4v) is 0.425. The maximum Gasteiger partial charge on any atom is 0.250 e. The van der Waals surface area contributed by atoms with Gasteiger partial charge in [-0.15, -0.1) is 0 Å². The van der Waals surface area contributed by atoms with E-state index in [1.165, 1.54) is 0 Å². The average molecular weight is 122 g/mol. The Balaban J connectivity index is 2.85. The van der Waals surface area contributed by atoms with Crippen molar-refractivity contribution in [2.75, 3.05) is 0 Å². The summed E-state index contributed by atoms with van der Waals surface area (Å²) in [7, 11) is 0. The lowest BCUT2D eigenvalue weighted by atomic mass is 10.7. The van der Waals surface area contributed by atoms with Crippen LogP contribution in [0.1, 0.15) is 0 Å². The first-order valence-electron chi connectivity index (χ1n) is 2.45. The minimum Gasteiger partial charge on any atom is -0.390 e. The van der Waals surface area contributed by atoms with E-state index in [1.807, 2.05) is 0 Å². The van der Waals surface area contributed by atoms with Crippen molar-refractivity contribution in [2.45, 2.75) is 0 Å². The van der Waals surface area contributed by atoms with E-state index >= 15 is 0 Å². The zero-order chi connectivity index (χ0) is 6.53. The number of aromatic nitrogens is 2. The summed E-state index contributed by atoms with van der Waals surface area (Å²) in [6.07, 6.45) is 4.38. The highest BCUT2D eigenvalue weighted by atomic mass is 15.0. The maximum absolute atomic E-state index is 4.99. The van der Waals surface area contributed by atoms with Crippen molar-refractivity contribution in [1.82, 2.24) is 9.97 Å². The van der Waals surface area contributed by atoms with Crippen molar-refractivity contribution < 1.29 is 0 Å². The van der Waals surface area contributed by atoms with Crippen LogP contribution in [-0.4, -0.2) is 16.3 Å². The molecule has 1 heterocycles. The second-order valence-electron chi connectivity index (χ2n) is 1.33. The number of rotatable bonds is 1. The second kappa shape index (κ2) is 2.76.